The third-order valence-electron chi connectivity index (χ3n) is 5.61. The van der Waals surface area contributed by atoms with Gasteiger partial charge in [-0.25, -0.2) is 4.79 Å². The van der Waals surface area contributed by atoms with Gasteiger partial charge in [-0.3, -0.25) is 4.79 Å². The second-order valence-corrected chi connectivity index (χ2v) is 15.4. The van der Waals surface area contributed by atoms with E-state index < -0.39 is 26.1 Å². The van der Waals surface area contributed by atoms with Crippen LogP contribution < -0.4 is 9.74 Å². The van der Waals surface area contributed by atoms with Crippen molar-refractivity contribution >= 4 is 20.2 Å². The monoisotopic (exact) mass is 455 g/mol. The van der Waals surface area contributed by atoms with Crippen LogP contribution in [0.25, 0.3) is 0 Å². The molecule has 0 saturated carbocycles. The Labute approximate surface area is 193 Å². The Morgan fingerprint density at radius 3 is 1.97 bits per heavy atom. The minimum Gasteiger partial charge on any atom is -0.544 e. The maximum Gasteiger partial charge on any atom is 0.408 e. The van der Waals surface area contributed by atoms with Crippen molar-refractivity contribution in [2.75, 3.05) is 0 Å². The fourth-order valence-electron chi connectivity index (χ4n) is 2.85. The summed E-state index contributed by atoms with van der Waals surface area (Å²) in [5.41, 5.74) is 0.831. The van der Waals surface area contributed by atoms with E-state index in [1.807, 2.05) is 42.5 Å². The van der Waals surface area contributed by atoms with Crippen LogP contribution in [0.1, 0.15) is 57.5 Å². The normalized spacial score (nSPS) is 13.2. The number of alkyl carbamates (subject to hydrolysis) is 1. The maximum absolute atomic E-state index is 13.3. The molecule has 0 fully saturated rings. The van der Waals surface area contributed by atoms with Crippen molar-refractivity contribution in [2.45, 2.75) is 77.7 Å². The van der Waals surface area contributed by atoms with Crippen molar-refractivity contribution in [1.29, 1.82) is 0 Å². The molecule has 32 heavy (non-hydrogen) atoms. The number of hydrogen-bond donors (Lipinski definition) is 1. The van der Waals surface area contributed by atoms with Crippen LogP contribution in [0, 0.1) is 0 Å². The summed E-state index contributed by atoms with van der Waals surface area (Å²) < 4.78 is 11.7. The fourth-order valence-corrected chi connectivity index (χ4v) is 3.88. The lowest BCUT2D eigenvalue weighted by atomic mass is 9.97. The van der Waals surface area contributed by atoms with Crippen molar-refractivity contribution in [2.24, 2.45) is 0 Å². The average Bonchev–Trinajstić information content (AvgIpc) is 2.66. The van der Waals surface area contributed by atoms with E-state index in [0.29, 0.717) is 12.0 Å². The van der Waals surface area contributed by atoms with Crippen LogP contribution in [0.5, 0.6) is 5.75 Å². The lowest BCUT2D eigenvalue weighted by Crippen LogP contribution is -2.45. The zero-order valence-electron chi connectivity index (χ0n) is 20.6. The average molecular weight is 456 g/mol. The first-order valence-electron chi connectivity index (χ1n) is 11.0. The first-order chi connectivity index (χ1) is 14.7. The number of nitrogens with one attached hydrogen (secondary N) is 1. The SMILES string of the molecule is CC(C)(C)OC(=O)N[C@@H](Cc1ccccc1)C(=O)c1ccc(O[Si](C)(C)C(C)(C)C)cc1. The highest BCUT2D eigenvalue weighted by Crippen LogP contribution is 2.37. The summed E-state index contributed by atoms with van der Waals surface area (Å²) in [4.78, 5) is 25.7. The molecule has 0 aliphatic rings. The number of benzene rings is 2. The van der Waals surface area contributed by atoms with Gasteiger partial charge in [-0.05, 0) is 68.7 Å². The number of ether oxygens (including phenoxy) is 1. The Hall–Kier alpha value is -2.60. The van der Waals surface area contributed by atoms with Gasteiger partial charge in [0.25, 0.3) is 0 Å². The van der Waals surface area contributed by atoms with Crippen molar-refractivity contribution < 1.29 is 18.8 Å². The zero-order chi connectivity index (χ0) is 24.2. The summed E-state index contributed by atoms with van der Waals surface area (Å²) in [6.45, 7) is 16.3. The van der Waals surface area contributed by atoms with Gasteiger partial charge in [0.2, 0.25) is 8.32 Å². The summed E-state index contributed by atoms with van der Waals surface area (Å²) in [7, 11) is -1.97. The molecule has 0 aliphatic carbocycles. The van der Waals surface area contributed by atoms with Crippen LogP contribution >= 0.6 is 0 Å². The second-order valence-electron chi connectivity index (χ2n) is 10.6. The van der Waals surface area contributed by atoms with Crippen LogP contribution in [0.2, 0.25) is 18.1 Å². The van der Waals surface area contributed by atoms with Gasteiger partial charge < -0.3 is 14.5 Å². The van der Waals surface area contributed by atoms with Gasteiger partial charge in [0, 0.05) is 12.0 Å². The molecule has 2 aromatic carbocycles. The van der Waals surface area contributed by atoms with E-state index in [4.69, 9.17) is 9.16 Å². The molecule has 1 amide bonds. The molecule has 0 heterocycles. The number of carbonyl (C=O) groups is 2. The zero-order valence-corrected chi connectivity index (χ0v) is 21.6. The van der Waals surface area contributed by atoms with Gasteiger partial charge in [0.05, 0.1) is 6.04 Å². The molecule has 1 N–H and O–H groups in total. The van der Waals surface area contributed by atoms with Crippen molar-refractivity contribution in [3.8, 4) is 5.75 Å². The summed E-state index contributed by atoms with van der Waals surface area (Å²) in [5.74, 6) is 0.589. The molecule has 6 heteroatoms. The van der Waals surface area contributed by atoms with Crippen LogP contribution in [0.3, 0.4) is 0 Å². The second kappa shape index (κ2) is 9.90. The predicted octanol–water partition coefficient (Wildman–Crippen LogP) is 6.39. The topological polar surface area (TPSA) is 64.6 Å². The van der Waals surface area contributed by atoms with Crippen molar-refractivity contribution in [3.63, 3.8) is 0 Å². The van der Waals surface area contributed by atoms with E-state index in [9.17, 15) is 9.59 Å². The van der Waals surface area contributed by atoms with Crippen LogP contribution in [-0.2, 0) is 11.2 Å². The minimum atomic E-state index is -1.97. The summed E-state index contributed by atoms with van der Waals surface area (Å²) >= 11 is 0. The molecule has 2 rings (SSSR count). The Morgan fingerprint density at radius 2 is 1.47 bits per heavy atom. The number of amides is 1. The highest BCUT2D eigenvalue weighted by atomic mass is 28.4. The molecular weight excluding hydrogens is 418 g/mol. The van der Waals surface area contributed by atoms with E-state index in [1.165, 1.54) is 0 Å². The molecule has 2 aromatic rings. The van der Waals surface area contributed by atoms with E-state index in [2.05, 4.69) is 39.2 Å². The number of carbonyl (C=O) groups excluding carboxylic acids is 2. The molecule has 0 bridgehead atoms. The Morgan fingerprint density at radius 1 is 0.906 bits per heavy atom. The lowest BCUT2D eigenvalue weighted by Gasteiger charge is -2.36. The molecule has 0 aromatic heterocycles. The molecule has 5 nitrogen and oxygen atoms in total. The lowest BCUT2D eigenvalue weighted by molar-refractivity contribution is 0.0491. The van der Waals surface area contributed by atoms with Crippen molar-refractivity contribution in [1.82, 2.24) is 5.32 Å². The Balaban J connectivity index is 2.21. The Bertz CT molecular complexity index is 910. The first kappa shape index (κ1) is 25.7. The van der Waals surface area contributed by atoms with Gasteiger partial charge in [-0.1, -0.05) is 51.1 Å². The van der Waals surface area contributed by atoms with Crippen LogP contribution in [0.4, 0.5) is 4.79 Å². The summed E-state index contributed by atoms with van der Waals surface area (Å²) in [5, 5.41) is 2.84. The molecule has 0 aliphatic heterocycles. The van der Waals surface area contributed by atoms with E-state index in [0.717, 1.165) is 11.3 Å². The van der Waals surface area contributed by atoms with Crippen molar-refractivity contribution in [3.05, 3.63) is 65.7 Å². The van der Waals surface area contributed by atoms with Gasteiger partial charge in [-0.2, -0.15) is 0 Å². The number of hydrogen-bond acceptors (Lipinski definition) is 4. The molecular formula is C26H37NO4Si. The molecule has 0 radical (unpaired) electrons. The first-order valence-corrected chi connectivity index (χ1v) is 14.0. The number of ketones is 1. The summed E-state index contributed by atoms with van der Waals surface area (Å²) in [6, 6.07) is 16.1. The molecule has 0 spiro atoms. The predicted molar refractivity (Wildman–Crippen MR) is 132 cm³/mol. The quantitative estimate of drug-likeness (QED) is 0.388. The highest BCUT2D eigenvalue weighted by Gasteiger charge is 2.39. The fraction of sp³-hybridized carbons (Fsp3) is 0.462. The molecule has 0 unspecified atom stereocenters. The minimum absolute atomic E-state index is 0.0829. The maximum atomic E-state index is 13.3. The van der Waals surface area contributed by atoms with Gasteiger partial charge in [-0.15, -0.1) is 0 Å². The standard InChI is InChI=1S/C26H37NO4Si/c1-25(2,3)30-24(29)27-22(18-19-12-10-9-11-13-19)23(28)20-14-16-21(17-15-20)31-32(7,8)26(4,5)6/h9-17,22H,18H2,1-8H3,(H,27,29)/t22-/m0/s1. The number of rotatable bonds is 7. The van der Waals surface area contributed by atoms with Gasteiger partial charge in [0.15, 0.2) is 5.78 Å². The molecule has 0 saturated heterocycles. The van der Waals surface area contributed by atoms with Gasteiger partial charge >= 0.3 is 6.09 Å². The largest absolute Gasteiger partial charge is 0.544 e. The Kier molecular flexibility index (Phi) is 7.94. The van der Waals surface area contributed by atoms with Gasteiger partial charge in [0.1, 0.15) is 11.4 Å². The summed E-state index contributed by atoms with van der Waals surface area (Å²) in [6.07, 6.45) is -0.231. The highest BCUT2D eigenvalue weighted by molar-refractivity contribution is 6.74. The van der Waals surface area contributed by atoms with Crippen LogP contribution in [0.15, 0.2) is 54.6 Å². The smallest absolute Gasteiger partial charge is 0.408 e. The third-order valence-corrected chi connectivity index (χ3v) is 9.97. The van der Waals surface area contributed by atoms with E-state index >= 15 is 0 Å². The molecule has 1 atom stereocenters. The third kappa shape index (κ3) is 7.52. The van der Waals surface area contributed by atoms with E-state index in [-0.39, 0.29) is 10.8 Å². The molecule has 174 valence electrons. The van der Waals surface area contributed by atoms with Crippen LogP contribution in [-0.4, -0.2) is 31.8 Å². The van der Waals surface area contributed by atoms with E-state index in [1.54, 1.807) is 32.9 Å². The number of Topliss-reactive ketones (excluding diaryl/α,β-unsaturated/α-hetero) is 1.